The van der Waals surface area contributed by atoms with Crippen LogP contribution in [0.5, 0.6) is 0 Å². The Hall–Kier alpha value is 0.314. The molecule has 0 heterocycles. The number of nitrogens with zero attached hydrogens (tertiary/aromatic N) is 2. The van der Waals surface area contributed by atoms with Crippen molar-refractivity contribution in [2.24, 2.45) is 21.9 Å². The molecule has 0 aromatic heterocycles. The fourth-order valence-electron chi connectivity index (χ4n) is 0. The van der Waals surface area contributed by atoms with Crippen molar-refractivity contribution in [1.82, 2.24) is 0 Å². The predicted octanol–water partition coefficient (Wildman–Crippen LogP) is -1.38. The summed E-state index contributed by atoms with van der Waals surface area (Å²) in [6.07, 6.45) is 0. The van der Waals surface area contributed by atoms with E-state index in [-0.39, 0.29) is 25.2 Å². The van der Waals surface area contributed by atoms with E-state index in [0.29, 0.717) is 0 Å². The van der Waals surface area contributed by atoms with E-state index < -0.39 is 0 Å². The van der Waals surface area contributed by atoms with Crippen LogP contribution in [-0.4, -0.2) is 8.75 Å². The summed E-state index contributed by atoms with van der Waals surface area (Å²) in [5.41, 5.74) is 0. The third-order valence-electron chi connectivity index (χ3n) is 0.211. The fraction of sp³-hybridized carbons (Fsp3) is 0. The smallest absolute Gasteiger partial charge is 0 e. The van der Waals surface area contributed by atoms with Crippen LogP contribution in [-0.2, 0) is 67.0 Å². The molecular formula is C2H4N4NiS4-4. The van der Waals surface area contributed by atoms with E-state index >= 15 is 0 Å². The van der Waals surface area contributed by atoms with Crippen molar-refractivity contribution in [2.75, 3.05) is 0 Å². The molecule has 0 bridgehead atoms. The first-order valence-electron chi connectivity index (χ1n) is 1.78. The molecule has 11 heavy (non-hydrogen) atoms. The van der Waals surface area contributed by atoms with Gasteiger partial charge in [0, 0.05) is 16.5 Å². The number of nitrogens with two attached hydrogens (primary N) is 2. The minimum Gasteiger partial charge on any atom is -0.787 e. The SMILES string of the molecule is NN=C([S-])[S-].NN=C([S-])[S-].[Ni]. The summed E-state index contributed by atoms with van der Waals surface area (Å²) in [5, 5.41) is 5.87. The molecule has 0 aromatic rings. The monoisotopic (exact) mass is 270 g/mol. The molecule has 0 aromatic carbocycles. The van der Waals surface area contributed by atoms with Crippen LogP contribution in [0.3, 0.4) is 0 Å². The molecule has 4 N–H and O–H groups in total. The van der Waals surface area contributed by atoms with Crippen molar-refractivity contribution in [1.29, 1.82) is 0 Å². The summed E-state index contributed by atoms with van der Waals surface area (Å²) >= 11 is 16.9. The Balaban J connectivity index is -0.000000107. The zero-order valence-corrected chi connectivity index (χ0v) is 9.25. The molecule has 0 saturated heterocycles. The normalized spacial score (nSPS) is 5.82. The second-order valence-electron chi connectivity index (χ2n) is 0.790. The Morgan fingerprint density at radius 1 is 0.818 bits per heavy atom. The second kappa shape index (κ2) is 12.9. The quantitative estimate of drug-likeness (QED) is 0.141. The van der Waals surface area contributed by atoms with E-state index in [0.717, 1.165) is 0 Å². The maximum atomic E-state index is 4.55. The van der Waals surface area contributed by atoms with Crippen LogP contribution in [0.1, 0.15) is 0 Å². The van der Waals surface area contributed by atoms with Crippen LogP contribution in [0.15, 0.2) is 10.2 Å². The average molecular weight is 271 g/mol. The van der Waals surface area contributed by atoms with E-state index in [1.165, 1.54) is 0 Å². The summed E-state index contributed by atoms with van der Waals surface area (Å²) in [6, 6.07) is 0. The molecule has 0 radical (unpaired) electrons. The summed E-state index contributed by atoms with van der Waals surface area (Å²) in [6.45, 7) is 0. The van der Waals surface area contributed by atoms with Crippen molar-refractivity contribution in [3.63, 3.8) is 0 Å². The Morgan fingerprint density at radius 2 is 0.909 bits per heavy atom. The van der Waals surface area contributed by atoms with Gasteiger partial charge in [0.05, 0.1) is 0 Å². The van der Waals surface area contributed by atoms with Crippen molar-refractivity contribution < 1.29 is 16.5 Å². The van der Waals surface area contributed by atoms with Crippen LogP contribution in [0.4, 0.5) is 0 Å². The second-order valence-corrected chi connectivity index (χ2v) is 2.85. The maximum Gasteiger partial charge on any atom is 0 e. The summed E-state index contributed by atoms with van der Waals surface area (Å²) in [5.74, 6) is 9.10. The van der Waals surface area contributed by atoms with Crippen LogP contribution in [0, 0.1) is 0 Å². The van der Waals surface area contributed by atoms with E-state index in [9.17, 15) is 0 Å². The molecule has 70 valence electrons. The molecule has 9 heteroatoms. The van der Waals surface area contributed by atoms with Gasteiger partial charge in [0.25, 0.3) is 0 Å². The minimum absolute atomic E-state index is 0. The molecule has 0 aliphatic carbocycles. The van der Waals surface area contributed by atoms with Gasteiger partial charge in [-0.2, -0.15) is 0 Å². The van der Waals surface area contributed by atoms with Crippen molar-refractivity contribution in [3.05, 3.63) is 0 Å². The molecule has 0 unspecified atom stereocenters. The summed E-state index contributed by atoms with van der Waals surface area (Å²) in [4.78, 5) is 0. The van der Waals surface area contributed by atoms with Gasteiger partial charge in [-0.15, -0.1) is 0 Å². The number of rotatable bonds is 0. The molecule has 0 spiro atoms. The van der Waals surface area contributed by atoms with Crippen LogP contribution in [0.2, 0.25) is 0 Å². The van der Waals surface area contributed by atoms with E-state index in [1.807, 2.05) is 0 Å². The molecule has 0 fully saturated rings. The minimum atomic E-state index is 0. The Labute approximate surface area is 97.2 Å². The van der Waals surface area contributed by atoms with Gasteiger partial charge in [0.15, 0.2) is 0 Å². The molecule has 4 nitrogen and oxygen atoms in total. The molecule has 0 aliphatic heterocycles. The molecule has 0 saturated carbocycles. The van der Waals surface area contributed by atoms with Crippen LogP contribution < -0.4 is 11.7 Å². The average Bonchev–Trinajstić information content (AvgIpc) is 1.89. The largest absolute Gasteiger partial charge is 0.787 e. The maximum absolute atomic E-state index is 4.55. The molecule has 0 atom stereocenters. The number of hydrogen-bond acceptors (Lipinski definition) is 8. The van der Waals surface area contributed by atoms with E-state index in [1.54, 1.807) is 0 Å². The van der Waals surface area contributed by atoms with Gasteiger partial charge in [0.1, 0.15) is 0 Å². The Kier molecular flexibility index (Phi) is 20.5. The van der Waals surface area contributed by atoms with Crippen molar-refractivity contribution in [2.45, 2.75) is 0 Å². The van der Waals surface area contributed by atoms with Gasteiger partial charge in [-0.1, -0.05) is 0 Å². The first-order valence-corrected chi connectivity index (χ1v) is 3.41. The standard InChI is InChI=1S/2CH4N2S2.Ni/c2*2-3-1(4)5;/h2*2H2,(H2,3,4,5);/p-4. The Bertz CT molecular complexity index is 112. The van der Waals surface area contributed by atoms with Gasteiger partial charge in [-0.3, -0.25) is 0 Å². The van der Waals surface area contributed by atoms with Gasteiger partial charge in [-0.25, -0.2) is 19.0 Å². The third kappa shape index (κ3) is 38.3. The van der Waals surface area contributed by atoms with Gasteiger partial charge in [0.2, 0.25) is 0 Å². The van der Waals surface area contributed by atoms with E-state index in [2.05, 4.69) is 72.4 Å². The van der Waals surface area contributed by atoms with Crippen molar-refractivity contribution in [3.8, 4) is 0 Å². The summed E-state index contributed by atoms with van der Waals surface area (Å²) in [7, 11) is 0. The summed E-state index contributed by atoms with van der Waals surface area (Å²) < 4.78 is 0.148. The zero-order chi connectivity index (χ0) is 8.57. The number of hydrogen-bond donors (Lipinski definition) is 2. The first kappa shape index (κ1) is 17.4. The third-order valence-corrected chi connectivity index (χ3v) is 0.632. The fourth-order valence-corrected chi connectivity index (χ4v) is 0. The van der Waals surface area contributed by atoms with Gasteiger partial charge >= 0.3 is 0 Å². The van der Waals surface area contributed by atoms with Crippen LogP contribution >= 0.6 is 0 Å². The zero-order valence-electron chi connectivity index (χ0n) is 5.00. The van der Waals surface area contributed by atoms with E-state index in [4.69, 9.17) is 0 Å². The van der Waals surface area contributed by atoms with Gasteiger partial charge in [-0.05, 0) is 0 Å². The molecule has 0 rings (SSSR count). The molecular weight excluding hydrogens is 267 g/mol. The van der Waals surface area contributed by atoms with Crippen LogP contribution in [0.25, 0.3) is 0 Å². The molecule has 0 aliphatic rings. The van der Waals surface area contributed by atoms with Gasteiger partial charge < -0.3 is 62.2 Å². The molecule has 0 amide bonds. The Morgan fingerprint density at radius 3 is 0.909 bits per heavy atom. The van der Waals surface area contributed by atoms with Crippen molar-refractivity contribution >= 4 is 59.3 Å². The first-order chi connectivity index (χ1) is 4.54. The predicted molar refractivity (Wildman–Crippen MR) is 52.7 cm³/mol. The number of hydrazone groups is 2. The topological polar surface area (TPSA) is 76.8 Å².